The fourth-order valence-electron chi connectivity index (χ4n) is 2.84. The average Bonchev–Trinajstić information content (AvgIpc) is 2.62. The summed E-state index contributed by atoms with van der Waals surface area (Å²) in [7, 11) is 4.00. The van der Waals surface area contributed by atoms with Crippen molar-refractivity contribution in [1.29, 1.82) is 0 Å². The number of carbonyl (C=O) groups excluding carboxylic acids is 1. The highest BCUT2D eigenvalue weighted by Crippen LogP contribution is 2.23. The molecule has 0 spiro atoms. The number of ether oxygens (including phenoxy) is 2. The van der Waals surface area contributed by atoms with Crippen LogP contribution in [0.1, 0.15) is 29.6 Å². The van der Waals surface area contributed by atoms with E-state index in [4.69, 9.17) is 15.2 Å². The van der Waals surface area contributed by atoms with Gasteiger partial charge in [0.1, 0.15) is 12.4 Å². The molecule has 0 radical (unpaired) electrons. The van der Waals surface area contributed by atoms with Crippen molar-refractivity contribution in [2.45, 2.75) is 25.4 Å². The number of amides is 1. The van der Waals surface area contributed by atoms with Crippen LogP contribution in [-0.2, 0) is 4.74 Å². The van der Waals surface area contributed by atoms with E-state index in [2.05, 4.69) is 4.90 Å². The highest BCUT2D eigenvalue weighted by atomic mass is 16.5. The molecule has 0 unspecified atom stereocenters. The van der Waals surface area contributed by atoms with Gasteiger partial charge in [0, 0.05) is 26.2 Å². The molecule has 1 aliphatic rings. The summed E-state index contributed by atoms with van der Waals surface area (Å²) in [6.07, 6.45) is 2.87. The molecule has 1 fully saturated rings. The van der Waals surface area contributed by atoms with Crippen LogP contribution in [0.2, 0.25) is 0 Å². The Hall–Kier alpha value is -1.63. The monoisotopic (exact) mass is 349 g/mol. The maximum atomic E-state index is 12.9. The van der Waals surface area contributed by atoms with Crippen LogP contribution >= 0.6 is 0 Å². The summed E-state index contributed by atoms with van der Waals surface area (Å²) in [5.41, 5.74) is 6.13. The lowest BCUT2D eigenvalue weighted by Crippen LogP contribution is -2.41. The summed E-state index contributed by atoms with van der Waals surface area (Å²) >= 11 is 0. The molecule has 140 valence electrons. The molecule has 1 aromatic carbocycles. The Morgan fingerprint density at radius 1 is 1.24 bits per heavy atom. The van der Waals surface area contributed by atoms with E-state index in [0.717, 1.165) is 38.9 Å². The zero-order valence-electron chi connectivity index (χ0n) is 15.4. The minimum atomic E-state index is 0.0425. The van der Waals surface area contributed by atoms with Crippen molar-refractivity contribution in [2.24, 2.45) is 5.73 Å². The summed E-state index contributed by atoms with van der Waals surface area (Å²) in [6, 6.07) is 7.50. The van der Waals surface area contributed by atoms with Crippen LogP contribution in [0.5, 0.6) is 5.75 Å². The molecule has 1 amide bonds. The van der Waals surface area contributed by atoms with Gasteiger partial charge in [0.25, 0.3) is 5.91 Å². The Balaban J connectivity index is 1.88. The molecule has 0 atom stereocenters. The van der Waals surface area contributed by atoms with E-state index in [1.54, 1.807) is 0 Å². The summed E-state index contributed by atoms with van der Waals surface area (Å²) in [6.45, 7) is 4.18. The molecule has 0 saturated carbocycles. The number of likely N-dealkylation sites (tertiary alicyclic amines) is 1. The number of carbonyl (C=O) groups is 1. The Morgan fingerprint density at radius 2 is 1.96 bits per heavy atom. The van der Waals surface area contributed by atoms with E-state index in [1.165, 1.54) is 0 Å². The minimum Gasteiger partial charge on any atom is -0.491 e. The van der Waals surface area contributed by atoms with Crippen LogP contribution < -0.4 is 10.5 Å². The molecular formula is C19H31N3O3. The molecular weight excluding hydrogens is 318 g/mol. The fourth-order valence-corrected chi connectivity index (χ4v) is 2.84. The number of likely N-dealkylation sites (N-methyl/N-ethyl adjacent to an activating group) is 1. The van der Waals surface area contributed by atoms with Crippen LogP contribution in [0, 0.1) is 0 Å². The largest absolute Gasteiger partial charge is 0.491 e. The van der Waals surface area contributed by atoms with E-state index in [9.17, 15) is 4.79 Å². The lowest BCUT2D eigenvalue weighted by molar-refractivity contribution is 0.00836. The maximum absolute atomic E-state index is 12.9. The van der Waals surface area contributed by atoms with Crippen LogP contribution in [-0.4, -0.2) is 75.3 Å². The first-order chi connectivity index (χ1) is 12.1. The normalized spacial score (nSPS) is 15.6. The first kappa shape index (κ1) is 19.7. The van der Waals surface area contributed by atoms with Crippen LogP contribution in [0.15, 0.2) is 24.3 Å². The molecule has 1 aliphatic heterocycles. The van der Waals surface area contributed by atoms with Crippen LogP contribution in [0.3, 0.4) is 0 Å². The second-order valence-electron chi connectivity index (χ2n) is 6.65. The number of piperidine rings is 1. The number of benzene rings is 1. The second kappa shape index (κ2) is 10.4. The Labute approximate surface area is 150 Å². The van der Waals surface area contributed by atoms with Gasteiger partial charge in [-0.15, -0.1) is 0 Å². The van der Waals surface area contributed by atoms with Gasteiger partial charge in [0.05, 0.1) is 11.7 Å². The summed E-state index contributed by atoms with van der Waals surface area (Å²) < 4.78 is 11.6. The standard InChI is InChI=1S/C19H31N3O3/c1-21(2)13-15-25-18-7-4-3-6-17(18)19(23)22-11-8-16(9-12-22)24-14-5-10-20/h3-4,6-7,16H,5,8-15,20H2,1-2H3. The number of nitrogens with zero attached hydrogens (tertiary/aromatic N) is 2. The van der Waals surface area contributed by atoms with Gasteiger partial charge in [-0.25, -0.2) is 0 Å². The van der Waals surface area contributed by atoms with Crippen molar-refractivity contribution >= 4 is 5.91 Å². The van der Waals surface area contributed by atoms with Crippen molar-refractivity contribution in [3.8, 4) is 5.75 Å². The van der Waals surface area contributed by atoms with Gasteiger partial charge >= 0.3 is 0 Å². The number of nitrogens with two attached hydrogens (primary N) is 1. The minimum absolute atomic E-state index is 0.0425. The Morgan fingerprint density at radius 3 is 2.64 bits per heavy atom. The molecule has 1 heterocycles. The van der Waals surface area contributed by atoms with Gasteiger partial charge in [0.15, 0.2) is 0 Å². The molecule has 2 rings (SSSR count). The van der Waals surface area contributed by atoms with Gasteiger partial charge in [-0.3, -0.25) is 4.79 Å². The molecule has 6 heteroatoms. The molecule has 6 nitrogen and oxygen atoms in total. The smallest absolute Gasteiger partial charge is 0.257 e. The summed E-state index contributed by atoms with van der Waals surface area (Å²) in [4.78, 5) is 16.8. The van der Waals surface area contributed by atoms with E-state index >= 15 is 0 Å². The highest BCUT2D eigenvalue weighted by molar-refractivity contribution is 5.97. The third-order valence-corrected chi connectivity index (χ3v) is 4.34. The third-order valence-electron chi connectivity index (χ3n) is 4.34. The van der Waals surface area contributed by atoms with E-state index in [1.807, 2.05) is 43.3 Å². The topological polar surface area (TPSA) is 68.0 Å². The van der Waals surface area contributed by atoms with Crippen LogP contribution in [0.25, 0.3) is 0 Å². The average molecular weight is 349 g/mol. The van der Waals surface area contributed by atoms with Gasteiger partial charge in [-0.2, -0.15) is 0 Å². The van der Waals surface area contributed by atoms with Crippen molar-refractivity contribution in [1.82, 2.24) is 9.80 Å². The first-order valence-electron chi connectivity index (χ1n) is 9.09. The zero-order chi connectivity index (χ0) is 18.1. The van der Waals surface area contributed by atoms with Gasteiger partial charge in [-0.05, 0) is 52.0 Å². The molecule has 2 N–H and O–H groups in total. The lowest BCUT2D eigenvalue weighted by Gasteiger charge is -2.32. The Bertz CT molecular complexity index is 528. The van der Waals surface area contributed by atoms with Gasteiger partial charge in [0.2, 0.25) is 0 Å². The third kappa shape index (κ3) is 6.30. The van der Waals surface area contributed by atoms with E-state index in [0.29, 0.717) is 31.1 Å². The highest BCUT2D eigenvalue weighted by Gasteiger charge is 2.25. The number of para-hydroxylation sites is 1. The van der Waals surface area contributed by atoms with Gasteiger partial charge in [-0.1, -0.05) is 12.1 Å². The van der Waals surface area contributed by atoms with E-state index < -0.39 is 0 Å². The Kier molecular flexibility index (Phi) is 8.18. The number of rotatable bonds is 9. The SMILES string of the molecule is CN(C)CCOc1ccccc1C(=O)N1CCC(OCCCN)CC1. The lowest BCUT2D eigenvalue weighted by atomic mass is 10.1. The molecule has 1 saturated heterocycles. The molecule has 0 aromatic heterocycles. The molecule has 0 aliphatic carbocycles. The zero-order valence-corrected chi connectivity index (χ0v) is 15.4. The fraction of sp³-hybridized carbons (Fsp3) is 0.632. The van der Waals surface area contributed by atoms with Crippen molar-refractivity contribution in [3.05, 3.63) is 29.8 Å². The first-order valence-corrected chi connectivity index (χ1v) is 9.09. The second-order valence-corrected chi connectivity index (χ2v) is 6.65. The van der Waals surface area contributed by atoms with Crippen molar-refractivity contribution in [3.63, 3.8) is 0 Å². The van der Waals surface area contributed by atoms with E-state index in [-0.39, 0.29) is 12.0 Å². The predicted octanol–water partition coefficient (Wildman–Crippen LogP) is 1.60. The summed E-state index contributed by atoms with van der Waals surface area (Å²) in [5, 5.41) is 0. The molecule has 25 heavy (non-hydrogen) atoms. The van der Waals surface area contributed by atoms with Crippen LogP contribution in [0.4, 0.5) is 0 Å². The maximum Gasteiger partial charge on any atom is 0.257 e. The predicted molar refractivity (Wildman–Crippen MR) is 99.0 cm³/mol. The quantitative estimate of drug-likeness (QED) is 0.686. The van der Waals surface area contributed by atoms with Crippen molar-refractivity contribution < 1.29 is 14.3 Å². The number of hydrogen-bond acceptors (Lipinski definition) is 5. The number of hydrogen-bond donors (Lipinski definition) is 1. The van der Waals surface area contributed by atoms with Gasteiger partial charge < -0.3 is 25.0 Å². The summed E-state index contributed by atoms with van der Waals surface area (Å²) in [5.74, 6) is 0.705. The molecule has 0 bridgehead atoms. The van der Waals surface area contributed by atoms with Crippen molar-refractivity contribution in [2.75, 3.05) is 53.5 Å². The molecule has 1 aromatic rings.